The van der Waals surface area contributed by atoms with Crippen LogP contribution in [-0.2, 0) is 10.3 Å². The largest absolute Gasteiger partial charge is 0.437 e. The Labute approximate surface area is 153 Å². The van der Waals surface area contributed by atoms with Crippen molar-refractivity contribution in [3.05, 3.63) is 83.4 Å². The number of ether oxygens (including phenoxy) is 1. The van der Waals surface area contributed by atoms with Gasteiger partial charge in [0.05, 0.1) is 6.04 Å². The van der Waals surface area contributed by atoms with Gasteiger partial charge in [-0.1, -0.05) is 60.1 Å². The number of cyclic esters (lactones) is 1. The third-order valence-electron chi connectivity index (χ3n) is 4.87. The van der Waals surface area contributed by atoms with E-state index in [1.54, 1.807) is 4.90 Å². The highest BCUT2D eigenvalue weighted by atomic mass is 35.5. The molecule has 2 aromatic carbocycles. The minimum atomic E-state index is -0.629. The second kappa shape index (κ2) is 7.32. The molecular formula is C21H22ClNO2. The van der Waals surface area contributed by atoms with Crippen LogP contribution in [0.25, 0.3) is 0 Å². The SMILES string of the molecule is C=CC[C@]1(c2ccccc2)CCN([C@@H](C)c2ccc(Cl)cc2)C(=O)O1. The summed E-state index contributed by atoms with van der Waals surface area (Å²) < 4.78 is 5.97. The van der Waals surface area contributed by atoms with Gasteiger partial charge < -0.3 is 9.64 Å². The summed E-state index contributed by atoms with van der Waals surface area (Å²) in [6.07, 6.45) is 2.86. The van der Waals surface area contributed by atoms with Crippen LogP contribution in [0.2, 0.25) is 5.02 Å². The summed E-state index contributed by atoms with van der Waals surface area (Å²) in [6, 6.07) is 17.4. The Bertz CT molecular complexity index is 744. The minimum absolute atomic E-state index is 0.0673. The van der Waals surface area contributed by atoms with Gasteiger partial charge >= 0.3 is 6.09 Å². The fourth-order valence-corrected chi connectivity index (χ4v) is 3.51. The van der Waals surface area contributed by atoms with Crippen LogP contribution in [0.5, 0.6) is 0 Å². The molecule has 130 valence electrons. The standard InChI is InChI=1S/C21H22ClNO2/c1-3-13-21(18-7-5-4-6-8-18)14-15-23(20(24)25-21)16(2)17-9-11-19(22)12-10-17/h3-12,16H,1,13-15H2,2H3/t16-,21+/m0/s1. The van der Waals surface area contributed by atoms with E-state index in [2.05, 4.69) is 6.58 Å². The zero-order valence-corrected chi connectivity index (χ0v) is 15.1. The molecule has 1 heterocycles. The minimum Gasteiger partial charge on any atom is -0.437 e. The number of amides is 1. The molecule has 0 spiro atoms. The number of carbonyl (C=O) groups excluding carboxylic acids is 1. The summed E-state index contributed by atoms with van der Waals surface area (Å²) in [5, 5.41) is 0.686. The fourth-order valence-electron chi connectivity index (χ4n) is 3.38. The summed E-state index contributed by atoms with van der Waals surface area (Å²) in [7, 11) is 0. The van der Waals surface area contributed by atoms with Gasteiger partial charge in [0.15, 0.2) is 0 Å². The van der Waals surface area contributed by atoms with E-state index >= 15 is 0 Å². The van der Waals surface area contributed by atoms with Crippen LogP contribution in [0.15, 0.2) is 67.3 Å². The maximum absolute atomic E-state index is 12.8. The van der Waals surface area contributed by atoms with Crippen LogP contribution in [0, 0.1) is 0 Å². The van der Waals surface area contributed by atoms with Gasteiger partial charge in [0.25, 0.3) is 0 Å². The Morgan fingerprint density at radius 2 is 1.92 bits per heavy atom. The molecule has 1 amide bonds. The molecule has 4 heteroatoms. The molecule has 0 saturated carbocycles. The van der Waals surface area contributed by atoms with Gasteiger partial charge in [-0.05, 0) is 30.2 Å². The Balaban J connectivity index is 1.82. The van der Waals surface area contributed by atoms with Crippen LogP contribution >= 0.6 is 11.6 Å². The summed E-state index contributed by atoms with van der Waals surface area (Å²) in [5.74, 6) is 0. The smallest absolute Gasteiger partial charge is 0.411 e. The fraction of sp³-hybridized carbons (Fsp3) is 0.286. The van der Waals surface area contributed by atoms with E-state index in [9.17, 15) is 4.79 Å². The number of hydrogen-bond donors (Lipinski definition) is 0. The lowest BCUT2D eigenvalue weighted by Crippen LogP contribution is -2.48. The second-order valence-electron chi connectivity index (χ2n) is 6.39. The molecule has 0 bridgehead atoms. The molecular weight excluding hydrogens is 334 g/mol. The monoisotopic (exact) mass is 355 g/mol. The molecule has 25 heavy (non-hydrogen) atoms. The molecule has 2 atom stereocenters. The van der Waals surface area contributed by atoms with Crippen LogP contribution in [-0.4, -0.2) is 17.5 Å². The average molecular weight is 356 g/mol. The molecule has 0 aromatic heterocycles. The first-order chi connectivity index (χ1) is 12.1. The van der Waals surface area contributed by atoms with Crippen molar-refractivity contribution in [3.8, 4) is 0 Å². The predicted octanol–water partition coefficient (Wildman–Crippen LogP) is 5.71. The summed E-state index contributed by atoms with van der Waals surface area (Å²) in [6.45, 7) is 6.48. The number of nitrogens with zero attached hydrogens (tertiary/aromatic N) is 1. The van der Waals surface area contributed by atoms with Gasteiger partial charge in [-0.2, -0.15) is 0 Å². The summed E-state index contributed by atoms with van der Waals surface area (Å²) in [5.41, 5.74) is 1.43. The van der Waals surface area contributed by atoms with Crippen LogP contribution in [0.4, 0.5) is 4.79 Å². The normalized spacial score (nSPS) is 21.5. The molecule has 0 N–H and O–H groups in total. The first-order valence-electron chi connectivity index (χ1n) is 8.47. The van der Waals surface area contributed by atoms with Crippen molar-refractivity contribution >= 4 is 17.7 Å². The number of halogens is 1. The van der Waals surface area contributed by atoms with Gasteiger partial charge in [0.2, 0.25) is 0 Å². The zero-order valence-electron chi connectivity index (χ0n) is 14.3. The molecule has 1 aliphatic heterocycles. The summed E-state index contributed by atoms with van der Waals surface area (Å²) >= 11 is 5.96. The third kappa shape index (κ3) is 3.57. The molecule has 0 radical (unpaired) electrons. The van der Waals surface area contributed by atoms with Gasteiger partial charge in [0.1, 0.15) is 5.60 Å². The molecule has 1 fully saturated rings. The number of rotatable bonds is 5. The van der Waals surface area contributed by atoms with E-state index in [1.165, 1.54) is 0 Å². The highest BCUT2D eigenvalue weighted by molar-refractivity contribution is 6.30. The molecule has 3 nitrogen and oxygen atoms in total. The Kier molecular flexibility index (Phi) is 5.14. The quantitative estimate of drug-likeness (QED) is 0.642. The zero-order chi connectivity index (χ0) is 17.9. The van der Waals surface area contributed by atoms with Crippen molar-refractivity contribution in [1.29, 1.82) is 0 Å². The van der Waals surface area contributed by atoms with Crippen LogP contribution in [0.1, 0.15) is 36.9 Å². The first kappa shape index (κ1) is 17.6. The van der Waals surface area contributed by atoms with Crippen molar-refractivity contribution in [2.45, 2.75) is 31.4 Å². The molecule has 0 aliphatic carbocycles. The highest BCUT2D eigenvalue weighted by Gasteiger charge is 2.42. The van der Waals surface area contributed by atoms with Crippen molar-refractivity contribution < 1.29 is 9.53 Å². The van der Waals surface area contributed by atoms with Crippen molar-refractivity contribution in [2.75, 3.05) is 6.54 Å². The predicted molar refractivity (Wildman–Crippen MR) is 101 cm³/mol. The first-order valence-corrected chi connectivity index (χ1v) is 8.85. The van der Waals surface area contributed by atoms with Crippen molar-refractivity contribution in [1.82, 2.24) is 4.90 Å². The average Bonchev–Trinajstić information content (AvgIpc) is 2.63. The van der Waals surface area contributed by atoms with E-state index in [-0.39, 0.29) is 12.1 Å². The van der Waals surface area contributed by atoms with Gasteiger partial charge in [0, 0.05) is 24.4 Å². The number of hydrogen-bond acceptors (Lipinski definition) is 2. The van der Waals surface area contributed by atoms with Crippen molar-refractivity contribution in [2.24, 2.45) is 0 Å². The topological polar surface area (TPSA) is 29.5 Å². The highest BCUT2D eigenvalue weighted by Crippen LogP contribution is 2.39. The van der Waals surface area contributed by atoms with E-state index in [1.807, 2.05) is 67.6 Å². The second-order valence-corrected chi connectivity index (χ2v) is 6.83. The Hall–Kier alpha value is -2.26. The third-order valence-corrected chi connectivity index (χ3v) is 5.12. The molecule has 1 saturated heterocycles. The lowest BCUT2D eigenvalue weighted by molar-refractivity contribution is -0.0588. The molecule has 2 aromatic rings. The summed E-state index contributed by atoms with van der Waals surface area (Å²) in [4.78, 5) is 14.6. The van der Waals surface area contributed by atoms with Crippen LogP contribution < -0.4 is 0 Å². The number of carbonyl (C=O) groups is 1. The van der Waals surface area contributed by atoms with Gasteiger partial charge in [-0.25, -0.2) is 4.79 Å². The van der Waals surface area contributed by atoms with E-state index in [4.69, 9.17) is 16.3 Å². The van der Waals surface area contributed by atoms with Crippen LogP contribution in [0.3, 0.4) is 0 Å². The molecule has 0 unspecified atom stereocenters. The lowest BCUT2D eigenvalue weighted by atomic mass is 9.85. The van der Waals surface area contributed by atoms with Gasteiger partial charge in [-0.3, -0.25) is 0 Å². The molecule has 3 rings (SSSR count). The maximum Gasteiger partial charge on any atom is 0.411 e. The Morgan fingerprint density at radius 3 is 2.52 bits per heavy atom. The maximum atomic E-state index is 12.8. The van der Waals surface area contributed by atoms with E-state index < -0.39 is 5.60 Å². The van der Waals surface area contributed by atoms with E-state index in [0.29, 0.717) is 18.0 Å². The molecule has 1 aliphatic rings. The Morgan fingerprint density at radius 1 is 1.24 bits per heavy atom. The number of benzene rings is 2. The van der Waals surface area contributed by atoms with Crippen molar-refractivity contribution in [3.63, 3.8) is 0 Å². The van der Waals surface area contributed by atoms with Gasteiger partial charge in [-0.15, -0.1) is 6.58 Å². The van der Waals surface area contributed by atoms with E-state index in [0.717, 1.165) is 17.5 Å². The lowest BCUT2D eigenvalue weighted by Gasteiger charge is -2.43.